The normalized spacial score (nSPS) is 18.7. The van der Waals surface area contributed by atoms with E-state index in [-0.39, 0.29) is 23.3 Å². The molecule has 6 nitrogen and oxygen atoms in total. The molecule has 2 aromatic rings. The Morgan fingerprint density at radius 2 is 1.96 bits per heavy atom. The Labute approximate surface area is 155 Å². The molecule has 8 heteroatoms. The third-order valence-corrected chi connectivity index (χ3v) is 6.37. The van der Waals surface area contributed by atoms with Crippen LogP contribution in [0, 0.1) is 0 Å². The van der Waals surface area contributed by atoms with Crippen LogP contribution in [0.1, 0.15) is 31.0 Å². The van der Waals surface area contributed by atoms with E-state index < -0.39 is 10.0 Å². The van der Waals surface area contributed by atoms with Gasteiger partial charge in [-0.3, -0.25) is 4.68 Å². The minimum absolute atomic E-state index is 0. The molecule has 1 aromatic carbocycles. The highest BCUT2D eigenvalue weighted by atomic mass is 35.5. The van der Waals surface area contributed by atoms with Crippen molar-refractivity contribution in [3.8, 4) is 0 Å². The first-order valence-corrected chi connectivity index (χ1v) is 9.84. The van der Waals surface area contributed by atoms with Crippen LogP contribution < -0.4 is 5.32 Å². The number of rotatable bonds is 5. The van der Waals surface area contributed by atoms with E-state index in [1.54, 1.807) is 15.2 Å². The van der Waals surface area contributed by atoms with E-state index in [9.17, 15) is 8.42 Å². The van der Waals surface area contributed by atoms with E-state index in [4.69, 9.17) is 0 Å². The maximum Gasteiger partial charge on any atom is 0.246 e. The fourth-order valence-corrected chi connectivity index (χ4v) is 4.59. The Morgan fingerprint density at radius 1 is 1.24 bits per heavy atom. The second kappa shape index (κ2) is 8.31. The van der Waals surface area contributed by atoms with Gasteiger partial charge >= 0.3 is 0 Å². The highest BCUT2D eigenvalue weighted by Gasteiger charge is 2.35. The number of benzene rings is 1. The number of hydrogen-bond acceptors (Lipinski definition) is 4. The third kappa shape index (κ3) is 4.06. The highest BCUT2D eigenvalue weighted by molar-refractivity contribution is 7.89. The zero-order chi connectivity index (χ0) is 17.2. The lowest BCUT2D eigenvalue weighted by atomic mass is 10.0. The van der Waals surface area contributed by atoms with Crippen LogP contribution >= 0.6 is 12.4 Å². The van der Waals surface area contributed by atoms with E-state index in [2.05, 4.69) is 29.5 Å². The van der Waals surface area contributed by atoms with Gasteiger partial charge in [0.05, 0.1) is 12.2 Å². The molecule has 0 radical (unpaired) electrons. The molecule has 0 bridgehead atoms. The zero-order valence-corrected chi connectivity index (χ0v) is 16.2. The van der Waals surface area contributed by atoms with Crippen LogP contribution in [0.25, 0.3) is 0 Å². The number of aryl methyl sites for hydroxylation is 2. The number of aromatic nitrogens is 2. The molecule has 1 saturated heterocycles. The summed E-state index contributed by atoms with van der Waals surface area (Å²) in [6.07, 6.45) is 4.02. The molecule has 25 heavy (non-hydrogen) atoms. The first-order valence-electron chi connectivity index (χ1n) is 8.40. The number of nitrogens with zero attached hydrogens (tertiary/aromatic N) is 3. The van der Waals surface area contributed by atoms with Crippen LogP contribution in [0.15, 0.2) is 41.6 Å². The maximum atomic E-state index is 13.1. The molecule has 1 aliphatic heterocycles. The van der Waals surface area contributed by atoms with Gasteiger partial charge in [0.2, 0.25) is 10.0 Å². The topological polar surface area (TPSA) is 67.2 Å². The van der Waals surface area contributed by atoms with E-state index in [1.807, 2.05) is 19.1 Å². The summed E-state index contributed by atoms with van der Waals surface area (Å²) in [4.78, 5) is 0.265. The summed E-state index contributed by atoms with van der Waals surface area (Å²) in [5.74, 6) is 0. The molecule has 0 aliphatic carbocycles. The minimum Gasteiger partial charge on any atom is -0.313 e. The van der Waals surface area contributed by atoms with Gasteiger partial charge in [-0.1, -0.05) is 31.2 Å². The molecular weight excluding hydrogens is 360 g/mol. The van der Waals surface area contributed by atoms with Gasteiger partial charge in [0.15, 0.2) is 0 Å². The standard InChI is InChI=1S/C17H24N4O2S.ClH/c1-3-14-5-7-15(8-6-14)17-12-18-9-10-21(17)24(22,23)16-11-19-20(4-2)13-16;/h5-8,11,13,17-18H,3-4,9-10,12H2,1-2H3;1H. The van der Waals surface area contributed by atoms with Crippen molar-refractivity contribution < 1.29 is 8.42 Å². The molecule has 2 heterocycles. The van der Waals surface area contributed by atoms with Gasteiger partial charge in [0.1, 0.15) is 4.90 Å². The zero-order valence-electron chi connectivity index (χ0n) is 14.6. The number of halogens is 1. The van der Waals surface area contributed by atoms with Gasteiger partial charge in [0, 0.05) is 32.4 Å². The van der Waals surface area contributed by atoms with Gasteiger partial charge in [-0.25, -0.2) is 8.42 Å². The fourth-order valence-electron chi connectivity index (χ4n) is 3.02. The van der Waals surface area contributed by atoms with Gasteiger partial charge in [-0.05, 0) is 24.5 Å². The molecule has 0 saturated carbocycles. The Hall–Kier alpha value is -1.41. The monoisotopic (exact) mass is 384 g/mol. The van der Waals surface area contributed by atoms with Crippen molar-refractivity contribution >= 4 is 22.4 Å². The summed E-state index contributed by atoms with van der Waals surface area (Å²) in [6.45, 7) is 6.43. The predicted octanol–water partition coefficient (Wildman–Crippen LogP) is 2.22. The summed E-state index contributed by atoms with van der Waals surface area (Å²) in [6, 6.07) is 8.02. The molecule has 1 aliphatic rings. The summed E-state index contributed by atoms with van der Waals surface area (Å²) in [5.41, 5.74) is 2.27. The lowest BCUT2D eigenvalue weighted by Gasteiger charge is -2.35. The van der Waals surface area contributed by atoms with Gasteiger partial charge < -0.3 is 5.32 Å². The minimum atomic E-state index is -3.55. The molecule has 1 fully saturated rings. The largest absolute Gasteiger partial charge is 0.313 e. The Bertz CT molecular complexity index is 789. The first kappa shape index (κ1) is 19.9. The van der Waals surface area contributed by atoms with Gasteiger partial charge in [-0.15, -0.1) is 12.4 Å². The average Bonchev–Trinajstić information content (AvgIpc) is 3.12. The van der Waals surface area contributed by atoms with Crippen molar-refractivity contribution in [2.24, 2.45) is 0 Å². The Kier molecular flexibility index (Phi) is 6.62. The SMILES string of the molecule is CCc1ccc(C2CNCCN2S(=O)(=O)c2cnn(CC)c2)cc1.Cl. The van der Waals surface area contributed by atoms with Crippen LogP contribution in [-0.2, 0) is 23.0 Å². The van der Waals surface area contributed by atoms with E-state index in [0.717, 1.165) is 12.0 Å². The molecule has 1 N–H and O–H groups in total. The van der Waals surface area contributed by atoms with E-state index in [1.165, 1.54) is 11.8 Å². The third-order valence-electron chi connectivity index (χ3n) is 4.51. The first-order chi connectivity index (χ1) is 11.6. The van der Waals surface area contributed by atoms with E-state index in [0.29, 0.717) is 26.2 Å². The van der Waals surface area contributed by atoms with Crippen LogP contribution in [-0.4, -0.2) is 42.1 Å². The molecule has 138 valence electrons. The predicted molar refractivity (Wildman–Crippen MR) is 100 cm³/mol. The second-order valence-electron chi connectivity index (χ2n) is 5.96. The molecule has 1 unspecified atom stereocenters. The lowest BCUT2D eigenvalue weighted by Crippen LogP contribution is -2.48. The second-order valence-corrected chi connectivity index (χ2v) is 7.85. The Morgan fingerprint density at radius 3 is 2.56 bits per heavy atom. The lowest BCUT2D eigenvalue weighted by molar-refractivity contribution is 0.271. The summed E-state index contributed by atoms with van der Waals surface area (Å²) < 4.78 is 29.4. The summed E-state index contributed by atoms with van der Waals surface area (Å²) >= 11 is 0. The number of nitrogens with one attached hydrogen (secondary N) is 1. The smallest absolute Gasteiger partial charge is 0.246 e. The fraction of sp³-hybridized carbons (Fsp3) is 0.471. The van der Waals surface area contributed by atoms with Gasteiger partial charge in [-0.2, -0.15) is 9.40 Å². The maximum absolute atomic E-state index is 13.1. The van der Waals surface area contributed by atoms with Crippen molar-refractivity contribution in [2.75, 3.05) is 19.6 Å². The van der Waals surface area contributed by atoms with Crippen LogP contribution in [0.3, 0.4) is 0 Å². The van der Waals surface area contributed by atoms with Crippen LogP contribution in [0.2, 0.25) is 0 Å². The summed E-state index contributed by atoms with van der Waals surface area (Å²) in [7, 11) is -3.55. The molecule has 3 rings (SSSR count). The molecule has 0 spiro atoms. The van der Waals surface area contributed by atoms with Crippen LogP contribution in [0.4, 0.5) is 0 Å². The number of piperazine rings is 1. The van der Waals surface area contributed by atoms with Crippen molar-refractivity contribution in [2.45, 2.75) is 37.8 Å². The molecule has 1 atom stereocenters. The average molecular weight is 385 g/mol. The quantitative estimate of drug-likeness (QED) is 0.858. The van der Waals surface area contributed by atoms with Crippen molar-refractivity contribution in [1.82, 2.24) is 19.4 Å². The summed E-state index contributed by atoms with van der Waals surface area (Å²) in [5, 5.41) is 7.42. The Balaban J connectivity index is 0.00000225. The van der Waals surface area contributed by atoms with Crippen molar-refractivity contribution in [3.05, 3.63) is 47.8 Å². The molecule has 1 aromatic heterocycles. The van der Waals surface area contributed by atoms with E-state index >= 15 is 0 Å². The molecule has 0 amide bonds. The highest BCUT2D eigenvalue weighted by Crippen LogP contribution is 2.29. The number of hydrogen-bond donors (Lipinski definition) is 1. The number of sulfonamides is 1. The van der Waals surface area contributed by atoms with Crippen molar-refractivity contribution in [1.29, 1.82) is 0 Å². The van der Waals surface area contributed by atoms with Crippen molar-refractivity contribution in [3.63, 3.8) is 0 Å². The van der Waals surface area contributed by atoms with Gasteiger partial charge in [0.25, 0.3) is 0 Å². The molecular formula is C17H25ClN4O2S. The van der Waals surface area contributed by atoms with Crippen LogP contribution in [0.5, 0.6) is 0 Å².